The molecule has 5 nitrogen and oxygen atoms in total. The van der Waals surface area contributed by atoms with E-state index in [-0.39, 0.29) is 0 Å². The zero-order chi connectivity index (χ0) is 9.26. The number of fused-ring (bicyclic) bond motifs is 1. The summed E-state index contributed by atoms with van der Waals surface area (Å²) < 4.78 is 5.00. The molecule has 0 spiro atoms. The third-order valence-electron chi connectivity index (χ3n) is 1.71. The highest BCUT2D eigenvalue weighted by molar-refractivity contribution is 5.81. The number of hydrogen-bond acceptors (Lipinski definition) is 5. The molecule has 0 bridgehead atoms. The lowest BCUT2D eigenvalue weighted by Crippen LogP contribution is -1.92. The topological polar surface area (TPSA) is 56.8 Å². The highest BCUT2D eigenvalue weighted by atomic mass is 17.3. The van der Waals surface area contributed by atoms with Crippen molar-refractivity contribution in [3.05, 3.63) is 17.7 Å². The molecule has 0 fully saturated rings. The number of hydrogen-bond donors (Lipinski definition) is 1. The maximum atomic E-state index is 10.5. The Hall–Kier alpha value is -1.75. The van der Waals surface area contributed by atoms with Gasteiger partial charge in [-0.2, -0.15) is 0 Å². The van der Waals surface area contributed by atoms with E-state index in [2.05, 4.69) is 10.5 Å². The second-order valence-corrected chi connectivity index (χ2v) is 2.49. The van der Waals surface area contributed by atoms with Crippen LogP contribution in [0.25, 0.3) is 0 Å². The smallest absolute Gasteiger partial charge is 0.235 e. The van der Waals surface area contributed by atoms with Gasteiger partial charge in [0.15, 0.2) is 5.75 Å². The number of methoxy groups -OCH3 is 1. The summed E-state index contributed by atoms with van der Waals surface area (Å²) in [5.41, 5.74) is 3.57. The number of nitrogens with one attached hydrogen (secondary N) is 1. The van der Waals surface area contributed by atoms with E-state index in [1.807, 2.05) is 0 Å². The molecule has 0 aliphatic carbocycles. The molecule has 0 aromatic heterocycles. The van der Waals surface area contributed by atoms with E-state index in [1.54, 1.807) is 12.1 Å². The number of carbonyl (C=O) groups is 1. The van der Waals surface area contributed by atoms with E-state index in [0.717, 1.165) is 6.29 Å². The van der Waals surface area contributed by atoms with Crippen molar-refractivity contribution >= 4 is 12.0 Å². The number of carbonyl (C=O) groups excluding carboxylic acids is 1. The van der Waals surface area contributed by atoms with Crippen molar-refractivity contribution in [2.45, 2.75) is 0 Å². The minimum atomic E-state index is 0.452. The van der Waals surface area contributed by atoms with Crippen molar-refractivity contribution in [2.24, 2.45) is 0 Å². The molecule has 1 aliphatic heterocycles. The first-order chi connectivity index (χ1) is 6.35. The van der Waals surface area contributed by atoms with Crippen molar-refractivity contribution in [3.63, 3.8) is 0 Å². The first-order valence-electron chi connectivity index (χ1n) is 3.62. The summed E-state index contributed by atoms with van der Waals surface area (Å²) in [7, 11) is 1.49. The van der Waals surface area contributed by atoms with Crippen LogP contribution in [0.15, 0.2) is 12.1 Å². The normalized spacial score (nSPS) is 12.7. The second-order valence-electron chi connectivity index (χ2n) is 2.49. The van der Waals surface area contributed by atoms with Gasteiger partial charge in [-0.1, -0.05) is 4.99 Å². The van der Waals surface area contributed by atoms with Crippen LogP contribution >= 0.6 is 0 Å². The Bertz CT molecular complexity index is 350. The fourth-order valence-electron chi connectivity index (χ4n) is 1.11. The van der Waals surface area contributed by atoms with Gasteiger partial charge in [-0.15, -0.1) is 0 Å². The van der Waals surface area contributed by atoms with Crippen LogP contribution in [-0.2, 0) is 4.99 Å². The van der Waals surface area contributed by atoms with Crippen LogP contribution in [0.1, 0.15) is 10.4 Å². The lowest BCUT2D eigenvalue weighted by Gasteiger charge is -2.02. The SMILES string of the molecule is COc1cc(C=O)cc2c1OON2. The molecular weight excluding hydrogens is 174 g/mol. The molecule has 13 heavy (non-hydrogen) atoms. The van der Waals surface area contributed by atoms with Gasteiger partial charge in [0, 0.05) is 5.56 Å². The fourth-order valence-corrected chi connectivity index (χ4v) is 1.11. The highest BCUT2D eigenvalue weighted by Gasteiger charge is 2.19. The number of ether oxygens (including phenoxy) is 1. The van der Waals surface area contributed by atoms with Gasteiger partial charge in [0.05, 0.1) is 7.11 Å². The quantitative estimate of drug-likeness (QED) is 0.548. The highest BCUT2D eigenvalue weighted by Crippen LogP contribution is 2.39. The van der Waals surface area contributed by atoms with Crippen molar-refractivity contribution in [2.75, 3.05) is 12.6 Å². The van der Waals surface area contributed by atoms with Gasteiger partial charge in [0.1, 0.15) is 12.0 Å². The van der Waals surface area contributed by atoms with Crippen molar-refractivity contribution in [3.8, 4) is 11.5 Å². The third-order valence-corrected chi connectivity index (χ3v) is 1.71. The molecule has 1 heterocycles. The average molecular weight is 181 g/mol. The zero-order valence-corrected chi connectivity index (χ0v) is 6.87. The number of anilines is 1. The molecule has 2 rings (SSSR count). The lowest BCUT2D eigenvalue weighted by atomic mass is 10.2. The van der Waals surface area contributed by atoms with Gasteiger partial charge in [0.25, 0.3) is 0 Å². The predicted octanol–water partition coefficient (Wildman–Crippen LogP) is 1.16. The van der Waals surface area contributed by atoms with Crippen molar-refractivity contribution < 1.29 is 19.4 Å². The van der Waals surface area contributed by atoms with Gasteiger partial charge >= 0.3 is 0 Å². The molecular formula is C8H7NO4. The molecule has 0 radical (unpaired) electrons. The van der Waals surface area contributed by atoms with Gasteiger partial charge in [-0.25, -0.2) is 5.48 Å². The summed E-state index contributed by atoms with van der Waals surface area (Å²) in [5.74, 6) is 0.915. The van der Waals surface area contributed by atoms with Gasteiger partial charge in [0.2, 0.25) is 5.75 Å². The molecule has 0 unspecified atom stereocenters. The molecule has 1 aromatic rings. The maximum Gasteiger partial charge on any atom is 0.235 e. The monoisotopic (exact) mass is 181 g/mol. The Morgan fingerprint density at radius 1 is 1.54 bits per heavy atom. The van der Waals surface area contributed by atoms with Crippen molar-refractivity contribution in [1.29, 1.82) is 0 Å². The predicted molar refractivity (Wildman–Crippen MR) is 43.7 cm³/mol. The first-order valence-corrected chi connectivity index (χ1v) is 3.62. The standard InChI is InChI=1S/C8H7NO4/c1-11-7-3-5(4-10)2-6-8(7)12-13-9-6/h2-4,9H,1H3. The zero-order valence-electron chi connectivity index (χ0n) is 6.87. The minimum Gasteiger partial charge on any atom is -0.493 e. The van der Waals surface area contributed by atoms with E-state index in [0.29, 0.717) is 22.7 Å². The number of rotatable bonds is 2. The Morgan fingerprint density at radius 3 is 3.08 bits per heavy atom. The molecule has 0 saturated heterocycles. The third kappa shape index (κ3) is 1.19. The van der Waals surface area contributed by atoms with Crippen LogP contribution in [0.4, 0.5) is 5.69 Å². The molecule has 1 N–H and O–H groups in total. The molecule has 0 atom stereocenters. The second kappa shape index (κ2) is 2.95. The lowest BCUT2D eigenvalue weighted by molar-refractivity contribution is -0.161. The van der Waals surface area contributed by atoms with Gasteiger partial charge < -0.3 is 9.62 Å². The summed E-state index contributed by atoms with van der Waals surface area (Å²) >= 11 is 0. The Balaban J connectivity index is 2.55. The Morgan fingerprint density at radius 2 is 2.38 bits per heavy atom. The fraction of sp³-hybridized carbons (Fsp3) is 0.125. The van der Waals surface area contributed by atoms with Gasteiger partial charge in [-0.3, -0.25) is 4.79 Å². The van der Waals surface area contributed by atoms with E-state index in [1.165, 1.54) is 7.11 Å². The van der Waals surface area contributed by atoms with E-state index < -0.39 is 0 Å². The van der Waals surface area contributed by atoms with Crippen LogP contribution in [0, 0.1) is 0 Å². The summed E-state index contributed by atoms with van der Waals surface area (Å²) in [6.07, 6.45) is 0.725. The van der Waals surface area contributed by atoms with Crippen LogP contribution in [0.3, 0.4) is 0 Å². The molecule has 5 heteroatoms. The van der Waals surface area contributed by atoms with Crippen LogP contribution in [-0.4, -0.2) is 13.4 Å². The first kappa shape index (κ1) is 7.88. The molecule has 0 amide bonds. The molecule has 1 aromatic carbocycles. The van der Waals surface area contributed by atoms with E-state index >= 15 is 0 Å². The summed E-state index contributed by atoms with van der Waals surface area (Å²) in [6, 6.07) is 3.18. The summed E-state index contributed by atoms with van der Waals surface area (Å²) in [4.78, 5) is 19.8. The van der Waals surface area contributed by atoms with Crippen molar-refractivity contribution in [1.82, 2.24) is 0 Å². The van der Waals surface area contributed by atoms with E-state index in [4.69, 9.17) is 9.62 Å². The van der Waals surface area contributed by atoms with Crippen LogP contribution in [0.5, 0.6) is 11.5 Å². The summed E-state index contributed by atoms with van der Waals surface area (Å²) in [6.45, 7) is 0. The van der Waals surface area contributed by atoms with Crippen LogP contribution < -0.4 is 15.1 Å². The molecule has 1 aliphatic rings. The average Bonchev–Trinajstić information content (AvgIpc) is 2.63. The minimum absolute atomic E-state index is 0.452. The Labute approximate surface area is 74.1 Å². The van der Waals surface area contributed by atoms with Crippen LogP contribution in [0.2, 0.25) is 0 Å². The maximum absolute atomic E-state index is 10.5. The number of benzene rings is 1. The largest absolute Gasteiger partial charge is 0.493 e. The number of aldehydes is 1. The molecule has 0 saturated carbocycles. The van der Waals surface area contributed by atoms with Gasteiger partial charge in [-0.05, 0) is 12.1 Å². The Kier molecular flexibility index (Phi) is 1.79. The van der Waals surface area contributed by atoms with E-state index in [9.17, 15) is 4.79 Å². The summed E-state index contributed by atoms with van der Waals surface area (Å²) in [5, 5.41) is 0. The molecule has 68 valence electrons.